The third kappa shape index (κ3) is 2.06. The van der Waals surface area contributed by atoms with E-state index in [-0.39, 0.29) is 10.6 Å². The van der Waals surface area contributed by atoms with Gasteiger partial charge in [-0.2, -0.15) is 0 Å². The van der Waals surface area contributed by atoms with Gasteiger partial charge >= 0.3 is 0 Å². The van der Waals surface area contributed by atoms with E-state index in [9.17, 15) is 10.1 Å². The normalized spacial score (nSPS) is 12.3. The molecule has 0 unspecified atom stereocenters. The average molecular weight is 272 g/mol. The largest absolute Gasteiger partial charge is 0.353 e. The van der Waals surface area contributed by atoms with E-state index in [1.165, 1.54) is 17.2 Å². The van der Waals surface area contributed by atoms with Crippen LogP contribution in [0.1, 0.15) is 11.1 Å². The lowest BCUT2D eigenvalue weighted by atomic mass is 10.1. The molecule has 96 valence electrons. The summed E-state index contributed by atoms with van der Waals surface area (Å²) < 4.78 is 0. The summed E-state index contributed by atoms with van der Waals surface area (Å²) in [7, 11) is 0. The summed E-state index contributed by atoms with van der Waals surface area (Å²) >= 11 is 1.58. The van der Waals surface area contributed by atoms with Gasteiger partial charge < -0.3 is 5.32 Å². The fraction of sp³-hybridized carbons (Fsp3) is 0.143. The van der Waals surface area contributed by atoms with Gasteiger partial charge in [0, 0.05) is 21.9 Å². The van der Waals surface area contributed by atoms with Crippen LogP contribution >= 0.6 is 11.8 Å². The number of fused-ring (bicyclic) bond motifs is 2. The predicted octanol–water partition coefficient (Wildman–Crippen LogP) is 4.42. The fourth-order valence-electron chi connectivity index (χ4n) is 2.23. The van der Waals surface area contributed by atoms with Crippen molar-refractivity contribution in [3.05, 3.63) is 51.6 Å². The molecule has 0 aromatic heterocycles. The number of anilines is 2. The van der Waals surface area contributed by atoms with Crippen molar-refractivity contribution in [2.24, 2.45) is 0 Å². The van der Waals surface area contributed by atoms with E-state index in [4.69, 9.17) is 0 Å². The molecule has 19 heavy (non-hydrogen) atoms. The second kappa shape index (κ2) is 4.28. The molecular weight excluding hydrogens is 260 g/mol. The maximum absolute atomic E-state index is 10.8. The van der Waals surface area contributed by atoms with Gasteiger partial charge in [-0.3, -0.25) is 10.1 Å². The summed E-state index contributed by atoms with van der Waals surface area (Å²) in [6.45, 7) is 4.12. The summed E-state index contributed by atoms with van der Waals surface area (Å²) in [5.74, 6) is 0. The molecule has 2 aromatic carbocycles. The zero-order valence-electron chi connectivity index (χ0n) is 10.6. The van der Waals surface area contributed by atoms with E-state index >= 15 is 0 Å². The van der Waals surface area contributed by atoms with Crippen LogP contribution in [0.25, 0.3) is 0 Å². The summed E-state index contributed by atoms with van der Waals surface area (Å²) in [6.07, 6.45) is 0. The second-order valence-electron chi connectivity index (χ2n) is 4.62. The lowest BCUT2D eigenvalue weighted by Crippen LogP contribution is -2.03. The Morgan fingerprint density at radius 2 is 1.95 bits per heavy atom. The highest BCUT2D eigenvalue weighted by Crippen LogP contribution is 2.46. The molecule has 1 aliphatic heterocycles. The molecule has 0 saturated carbocycles. The molecule has 5 heteroatoms. The number of nitrogens with zero attached hydrogens (tertiary/aromatic N) is 1. The molecule has 0 aliphatic carbocycles. The van der Waals surface area contributed by atoms with Crippen molar-refractivity contribution in [3.8, 4) is 0 Å². The van der Waals surface area contributed by atoms with Crippen LogP contribution in [0.3, 0.4) is 0 Å². The first kappa shape index (κ1) is 12.0. The quantitative estimate of drug-likeness (QED) is 0.526. The Balaban J connectivity index is 2.09. The Bertz CT molecular complexity index is 698. The number of nitrogens with one attached hydrogen (secondary N) is 1. The molecule has 3 rings (SSSR count). The molecule has 1 heterocycles. The van der Waals surface area contributed by atoms with Gasteiger partial charge in [0.05, 0.1) is 16.3 Å². The minimum atomic E-state index is -0.363. The van der Waals surface area contributed by atoms with Crippen LogP contribution < -0.4 is 5.32 Å². The monoisotopic (exact) mass is 272 g/mol. The molecule has 4 nitrogen and oxygen atoms in total. The van der Waals surface area contributed by atoms with Gasteiger partial charge in [0.2, 0.25) is 0 Å². The Kier molecular flexibility index (Phi) is 2.71. The third-order valence-corrected chi connectivity index (χ3v) is 4.20. The van der Waals surface area contributed by atoms with Crippen molar-refractivity contribution in [3.63, 3.8) is 0 Å². The van der Waals surface area contributed by atoms with Crippen LogP contribution in [-0.2, 0) is 0 Å². The summed E-state index contributed by atoms with van der Waals surface area (Å²) in [6, 6.07) is 9.14. The van der Waals surface area contributed by atoms with Gasteiger partial charge in [-0.1, -0.05) is 17.8 Å². The zero-order valence-corrected chi connectivity index (χ0v) is 11.4. The highest BCUT2D eigenvalue weighted by Gasteiger charge is 2.20. The first-order chi connectivity index (χ1) is 9.04. The number of nitro benzene ring substituents is 1. The number of hydrogen-bond acceptors (Lipinski definition) is 4. The highest BCUT2D eigenvalue weighted by atomic mass is 32.2. The molecule has 0 radical (unpaired) electrons. The number of hydrogen-bond donors (Lipinski definition) is 1. The maximum atomic E-state index is 10.8. The van der Waals surface area contributed by atoms with Crippen molar-refractivity contribution >= 4 is 28.8 Å². The van der Waals surface area contributed by atoms with Gasteiger partial charge in [0.15, 0.2) is 0 Å². The van der Waals surface area contributed by atoms with Crippen LogP contribution in [0.15, 0.2) is 40.1 Å². The molecular formula is C14H12N2O2S. The molecule has 0 amide bonds. The predicted molar refractivity (Wildman–Crippen MR) is 76.4 cm³/mol. The Labute approximate surface area is 115 Å². The number of benzene rings is 2. The minimum absolute atomic E-state index is 0.126. The van der Waals surface area contributed by atoms with E-state index < -0.39 is 0 Å². The SMILES string of the molecule is Cc1cc(C)c2c(c1)Sc1cc([N+](=O)[O-])ccc1N2. The van der Waals surface area contributed by atoms with Gasteiger partial charge in [-0.25, -0.2) is 0 Å². The zero-order chi connectivity index (χ0) is 13.6. The second-order valence-corrected chi connectivity index (χ2v) is 5.70. The Hall–Kier alpha value is -2.01. The van der Waals surface area contributed by atoms with E-state index in [2.05, 4.69) is 31.3 Å². The van der Waals surface area contributed by atoms with Crippen molar-refractivity contribution in [1.29, 1.82) is 0 Å². The van der Waals surface area contributed by atoms with E-state index in [0.717, 1.165) is 21.2 Å². The third-order valence-electron chi connectivity index (χ3n) is 3.10. The van der Waals surface area contributed by atoms with E-state index in [1.807, 2.05) is 0 Å². The lowest BCUT2D eigenvalue weighted by Gasteiger charge is -2.22. The van der Waals surface area contributed by atoms with Gasteiger partial charge in [-0.05, 0) is 37.1 Å². The van der Waals surface area contributed by atoms with E-state index in [0.29, 0.717) is 0 Å². The molecule has 0 bridgehead atoms. The minimum Gasteiger partial charge on any atom is -0.353 e. The van der Waals surface area contributed by atoms with Gasteiger partial charge in [0.1, 0.15) is 0 Å². The number of aryl methyl sites for hydroxylation is 2. The lowest BCUT2D eigenvalue weighted by molar-refractivity contribution is -0.385. The molecule has 0 saturated heterocycles. The Morgan fingerprint density at radius 3 is 2.68 bits per heavy atom. The topological polar surface area (TPSA) is 55.2 Å². The van der Waals surface area contributed by atoms with Crippen molar-refractivity contribution in [2.45, 2.75) is 23.6 Å². The smallest absolute Gasteiger partial charge is 0.270 e. The summed E-state index contributed by atoms with van der Waals surface area (Å²) in [4.78, 5) is 12.5. The van der Waals surface area contributed by atoms with E-state index in [1.54, 1.807) is 23.9 Å². The van der Waals surface area contributed by atoms with Gasteiger partial charge in [-0.15, -0.1) is 0 Å². The van der Waals surface area contributed by atoms with Crippen LogP contribution in [-0.4, -0.2) is 4.92 Å². The Morgan fingerprint density at radius 1 is 1.16 bits per heavy atom. The van der Waals surface area contributed by atoms with Crippen molar-refractivity contribution in [2.75, 3.05) is 5.32 Å². The van der Waals surface area contributed by atoms with Crippen LogP contribution in [0.5, 0.6) is 0 Å². The number of rotatable bonds is 1. The standard InChI is InChI=1S/C14H12N2O2S/c1-8-5-9(2)14-13(6-8)19-12-7-10(16(17)18)3-4-11(12)15-14/h3-7,15H,1-2H3. The maximum Gasteiger partial charge on any atom is 0.270 e. The fourth-order valence-corrected chi connectivity index (χ4v) is 3.44. The van der Waals surface area contributed by atoms with Crippen molar-refractivity contribution in [1.82, 2.24) is 0 Å². The molecule has 1 aliphatic rings. The molecule has 2 aromatic rings. The molecule has 0 fully saturated rings. The first-order valence-corrected chi connectivity index (χ1v) is 6.71. The highest BCUT2D eigenvalue weighted by molar-refractivity contribution is 7.99. The van der Waals surface area contributed by atoms with Crippen LogP contribution in [0, 0.1) is 24.0 Å². The number of non-ortho nitro benzene ring substituents is 1. The first-order valence-electron chi connectivity index (χ1n) is 5.89. The summed E-state index contributed by atoms with van der Waals surface area (Å²) in [5, 5.41) is 14.2. The van der Waals surface area contributed by atoms with Crippen LogP contribution in [0.2, 0.25) is 0 Å². The number of nitro groups is 1. The molecule has 0 spiro atoms. The van der Waals surface area contributed by atoms with Gasteiger partial charge in [0.25, 0.3) is 5.69 Å². The summed E-state index contributed by atoms with van der Waals surface area (Å²) in [5.41, 5.74) is 4.53. The molecule has 1 N–H and O–H groups in total. The molecule has 0 atom stereocenters. The van der Waals surface area contributed by atoms with Crippen LogP contribution in [0.4, 0.5) is 17.1 Å². The van der Waals surface area contributed by atoms with Crippen molar-refractivity contribution < 1.29 is 4.92 Å². The average Bonchev–Trinajstić information content (AvgIpc) is 2.35.